The van der Waals surface area contributed by atoms with Gasteiger partial charge in [0.2, 0.25) is 0 Å². The number of hydrogen-bond donors (Lipinski definition) is 2. The van der Waals surface area contributed by atoms with Crippen LogP contribution in [0.2, 0.25) is 0 Å². The molecule has 3 aromatic rings. The van der Waals surface area contributed by atoms with E-state index in [2.05, 4.69) is 10.3 Å². The number of hydrogen-bond acceptors (Lipinski definition) is 4. The van der Waals surface area contributed by atoms with E-state index in [4.69, 9.17) is 4.42 Å². The Hall–Kier alpha value is -2.86. The van der Waals surface area contributed by atoms with Crippen molar-refractivity contribution in [3.05, 3.63) is 77.8 Å². The molecule has 1 unspecified atom stereocenters. The summed E-state index contributed by atoms with van der Waals surface area (Å²) in [6, 6.07) is 10.9. The fourth-order valence-electron chi connectivity index (χ4n) is 2.52. The van der Waals surface area contributed by atoms with Gasteiger partial charge in [0, 0.05) is 24.5 Å². The summed E-state index contributed by atoms with van der Waals surface area (Å²) in [4.78, 5) is 16.3. The summed E-state index contributed by atoms with van der Waals surface area (Å²) in [6.07, 6.45) is 5.37. The van der Waals surface area contributed by atoms with Crippen molar-refractivity contribution < 1.29 is 14.3 Å². The van der Waals surface area contributed by atoms with E-state index in [1.165, 1.54) is 0 Å². The molecule has 0 fully saturated rings. The third kappa shape index (κ3) is 4.16. The number of rotatable bonds is 6. The normalized spacial score (nSPS) is 13.4. The van der Waals surface area contributed by atoms with Crippen LogP contribution in [-0.2, 0) is 12.1 Å². The summed E-state index contributed by atoms with van der Waals surface area (Å²) in [5.41, 5.74) is 0.360. The van der Waals surface area contributed by atoms with Gasteiger partial charge in [0.05, 0.1) is 12.9 Å². The molecular formula is C19H21N3O3. The lowest BCUT2D eigenvalue weighted by molar-refractivity contribution is 0.0323. The maximum atomic E-state index is 12.3. The van der Waals surface area contributed by atoms with Gasteiger partial charge < -0.3 is 19.4 Å². The third-order valence-electron chi connectivity index (χ3n) is 4.00. The highest BCUT2D eigenvalue weighted by Crippen LogP contribution is 2.22. The molecule has 2 heterocycles. The van der Waals surface area contributed by atoms with Crippen LogP contribution in [0.5, 0.6) is 0 Å². The Kier molecular flexibility index (Phi) is 4.72. The van der Waals surface area contributed by atoms with Gasteiger partial charge in [-0.05, 0) is 43.7 Å². The van der Waals surface area contributed by atoms with Crippen molar-refractivity contribution in [1.82, 2.24) is 14.9 Å². The molecule has 6 nitrogen and oxygen atoms in total. The summed E-state index contributed by atoms with van der Waals surface area (Å²) >= 11 is 0. The van der Waals surface area contributed by atoms with Gasteiger partial charge in [0.15, 0.2) is 0 Å². The molecular weight excluding hydrogens is 318 g/mol. The number of aryl methyl sites for hydroxylation is 1. The highest BCUT2D eigenvalue weighted by molar-refractivity contribution is 5.94. The number of carbonyl (C=O) groups is 1. The Balaban J connectivity index is 1.59. The van der Waals surface area contributed by atoms with Crippen LogP contribution in [-0.4, -0.2) is 27.1 Å². The van der Waals surface area contributed by atoms with E-state index in [0.29, 0.717) is 17.9 Å². The van der Waals surface area contributed by atoms with E-state index < -0.39 is 5.60 Å². The number of imidazole rings is 1. The molecule has 0 bridgehead atoms. The first-order valence-corrected chi connectivity index (χ1v) is 8.06. The van der Waals surface area contributed by atoms with Crippen molar-refractivity contribution in [2.45, 2.75) is 26.0 Å². The van der Waals surface area contributed by atoms with Crippen molar-refractivity contribution in [3.8, 4) is 0 Å². The van der Waals surface area contributed by atoms with Gasteiger partial charge in [-0.1, -0.05) is 12.1 Å². The Morgan fingerprint density at radius 1 is 1.28 bits per heavy atom. The Bertz CT molecular complexity index is 833. The van der Waals surface area contributed by atoms with Crippen LogP contribution in [0.3, 0.4) is 0 Å². The van der Waals surface area contributed by atoms with Crippen LogP contribution in [0.4, 0.5) is 0 Å². The van der Waals surface area contributed by atoms with Crippen LogP contribution < -0.4 is 5.32 Å². The second-order valence-electron chi connectivity index (χ2n) is 6.30. The molecule has 6 heteroatoms. The molecule has 0 saturated carbocycles. The fourth-order valence-corrected chi connectivity index (χ4v) is 2.52. The Morgan fingerprint density at radius 2 is 2.04 bits per heavy atom. The predicted molar refractivity (Wildman–Crippen MR) is 93.1 cm³/mol. The second-order valence-corrected chi connectivity index (χ2v) is 6.30. The van der Waals surface area contributed by atoms with Crippen LogP contribution in [0.1, 0.15) is 34.4 Å². The molecule has 3 rings (SSSR count). The zero-order valence-electron chi connectivity index (χ0n) is 14.3. The summed E-state index contributed by atoms with van der Waals surface area (Å²) in [7, 11) is 0. The lowest BCUT2D eigenvalue weighted by atomic mass is 10.0. The van der Waals surface area contributed by atoms with Gasteiger partial charge in [-0.2, -0.15) is 0 Å². The molecule has 2 aromatic heterocycles. The van der Waals surface area contributed by atoms with Crippen LogP contribution >= 0.6 is 0 Å². The first-order valence-electron chi connectivity index (χ1n) is 8.06. The van der Waals surface area contributed by atoms with Crippen LogP contribution in [0.25, 0.3) is 0 Å². The quantitative estimate of drug-likeness (QED) is 0.723. The van der Waals surface area contributed by atoms with Crippen molar-refractivity contribution in [2.75, 3.05) is 6.54 Å². The molecule has 0 spiro atoms. The molecule has 0 aliphatic rings. The Labute approximate surface area is 146 Å². The smallest absolute Gasteiger partial charge is 0.251 e. The lowest BCUT2D eigenvalue weighted by Gasteiger charge is -2.21. The minimum Gasteiger partial charge on any atom is -0.463 e. The van der Waals surface area contributed by atoms with Gasteiger partial charge in [-0.25, -0.2) is 4.98 Å². The van der Waals surface area contributed by atoms with Crippen LogP contribution in [0.15, 0.2) is 59.5 Å². The first kappa shape index (κ1) is 17.0. The molecule has 1 aromatic carbocycles. The monoisotopic (exact) mass is 339 g/mol. The molecule has 1 atom stereocenters. The third-order valence-corrected chi connectivity index (χ3v) is 4.00. The summed E-state index contributed by atoms with van der Waals surface area (Å²) in [6.45, 7) is 4.19. The molecule has 0 aliphatic carbocycles. The number of aromatic nitrogens is 2. The lowest BCUT2D eigenvalue weighted by Crippen LogP contribution is -2.38. The molecule has 0 radical (unpaired) electrons. The van der Waals surface area contributed by atoms with Gasteiger partial charge in [0.25, 0.3) is 5.91 Å². The van der Waals surface area contributed by atoms with E-state index in [-0.39, 0.29) is 12.5 Å². The number of amides is 1. The number of nitrogens with one attached hydrogen (secondary N) is 1. The van der Waals surface area contributed by atoms with Gasteiger partial charge in [0.1, 0.15) is 17.1 Å². The van der Waals surface area contributed by atoms with Crippen molar-refractivity contribution in [2.24, 2.45) is 0 Å². The summed E-state index contributed by atoms with van der Waals surface area (Å²) in [5, 5.41) is 13.2. The maximum Gasteiger partial charge on any atom is 0.251 e. The predicted octanol–water partition coefficient (Wildman–Crippen LogP) is 2.47. The van der Waals surface area contributed by atoms with E-state index in [9.17, 15) is 9.90 Å². The topological polar surface area (TPSA) is 80.3 Å². The average Bonchev–Trinajstić information content (AvgIpc) is 3.25. The van der Waals surface area contributed by atoms with E-state index >= 15 is 0 Å². The minimum absolute atomic E-state index is 0.0651. The van der Waals surface area contributed by atoms with Crippen molar-refractivity contribution in [1.29, 1.82) is 0 Å². The highest BCUT2D eigenvalue weighted by Gasteiger charge is 2.27. The van der Waals surface area contributed by atoms with E-state index in [1.54, 1.807) is 43.7 Å². The fraction of sp³-hybridized carbons (Fsp3) is 0.263. The molecule has 130 valence electrons. The zero-order valence-corrected chi connectivity index (χ0v) is 14.3. The number of aliphatic hydroxyl groups is 1. The van der Waals surface area contributed by atoms with E-state index in [1.807, 2.05) is 29.8 Å². The molecule has 0 saturated heterocycles. The second kappa shape index (κ2) is 6.94. The summed E-state index contributed by atoms with van der Waals surface area (Å²) < 4.78 is 7.40. The van der Waals surface area contributed by atoms with Crippen molar-refractivity contribution >= 4 is 5.91 Å². The number of nitrogens with zero attached hydrogens (tertiary/aromatic N) is 2. The van der Waals surface area contributed by atoms with Gasteiger partial charge >= 0.3 is 0 Å². The number of carbonyl (C=O) groups excluding carboxylic acids is 1. The maximum absolute atomic E-state index is 12.3. The van der Waals surface area contributed by atoms with Gasteiger partial charge in [-0.15, -0.1) is 0 Å². The largest absolute Gasteiger partial charge is 0.463 e. The number of benzene rings is 1. The zero-order chi connectivity index (χ0) is 17.9. The molecule has 1 amide bonds. The SMILES string of the molecule is Cc1ccc(C(C)(O)CNC(=O)c2ccc(Cn3ccnc3)cc2)o1. The standard InChI is InChI=1S/C19H21N3O3/c1-14-3-8-17(25-14)19(2,24)12-21-18(23)16-6-4-15(5-7-16)11-22-10-9-20-13-22/h3-10,13,24H,11-12H2,1-2H3,(H,21,23). The summed E-state index contributed by atoms with van der Waals surface area (Å²) in [5.74, 6) is 0.911. The van der Waals surface area contributed by atoms with E-state index in [0.717, 1.165) is 11.3 Å². The van der Waals surface area contributed by atoms with Crippen molar-refractivity contribution in [3.63, 3.8) is 0 Å². The van der Waals surface area contributed by atoms with Crippen LogP contribution in [0, 0.1) is 6.92 Å². The highest BCUT2D eigenvalue weighted by atomic mass is 16.4. The first-order chi connectivity index (χ1) is 11.9. The van der Waals surface area contributed by atoms with Gasteiger partial charge in [-0.3, -0.25) is 4.79 Å². The Morgan fingerprint density at radius 3 is 2.64 bits per heavy atom. The number of furan rings is 1. The minimum atomic E-state index is -1.26. The molecule has 0 aliphatic heterocycles. The molecule has 2 N–H and O–H groups in total. The molecule has 25 heavy (non-hydrogen) atoms. The average molecular weight is 339 g/mol.